The van der Waals surface area contributed by atoms with Crippen LogP contribution in [0.2, 0.25) is 0 Å². The molecule has 0 fully saturated rings. The molecule has 0 aliphatic carbocycles. The lowest BCUT2D eigenvalue weighted by Crippen LogP contribution is -2.28. The number of benzene rings is 2. The SMILES string of the molecule is Cc1ccc2c(F)c(Nc3ncnc4cc(-c5cnn(C)c5)cc(O[C@H](C)CN(C)C)c34)ccc2n1. The summed E-state index contributed by atoms with van der Waals surface area (Å²) >= 11 is 0. The predicted molar refractivity (Wildman–Crippen MR) is 140 cm³/mol. The largest absolute Gasteiger partial charge is 0.489 e. The molecule has 0 spiro atoms. The van der Waals surface area contributed by atoms with Crippen LogP contribution in [-0.4, -0.2) is 56.4 Å². The Bertz CT molecular complexity index is 1560. The summed E-state index contributed by atoms with van der Waals surface area (Å²) < 4.78 is 23.6. The molecule has 0 saturated carbocycles. The zero-order chi connectivity index (χ0) is 25.4. The highest BCUT2D eigenvalue weighted by Gasteiger charge is 2.18. The number of likely N-dealkylation sites (N-methyl/N-ethyl adjacent to an activating group) is 1. The molecule has 184 valence electrons. The molecule has 5 aromatic rings. The van der Waals surface area contributed by atoms with Gasteiger partial charge in [-0.25, -0.2) is 14.4 Å². The lowest BCUT2D eigenvalue weighted by atomic mass is 10.1. The van der Waals surface area contributed by atoms with Gasteiger partial charge in [0.15, 0.2) is 5.82 Å². The Kier molecular flexibility index (Phi) is 6.24. The summed E-state index contributed by atoms with van der Waals surface area (Å²) in [4.78, 5) is 15.5. The van der Waals surface area contributed by atoms with Crippen molar-refractivity contribution in [3.63, 3.8) is 0 Å². The van der Waals surface area contributed by atoms with Crippen molar-refractivity contribution in [3.05, 3.63) is 66.6 Å². The summed E-state index contributed by atoms with van der Waals surface area (Å²) in [6.45, 7) is 4.62. The first kappa shape index (κ1) is 23.6. The summed E-state index contributed by atoms with van der Waals surface area (Å²) in [5.41, 5.74) is 4.29. The molecule has 0 saturated heterocycles. The Labute approximate surface area is 208 Å². The molecule has 3 heterocycles. The number of rotatable bonds is 7. The van der Waals surface area contributed by atoms with Gasteiger partial charge in [-0.1, -0.05) is 0 Å². The van der Waals surface area contributed by atoms with Crippen LogP contribution in [0.5, 0.6) is 5.75 Å². The number of aromatic nitrogens is 5. The third-order valence-corrected chi connectivity index (χ3v) is 5.89. The molecular formula is C27H28FN7O. The van der Waals surface area contributed by atoms with E-state index in [0.717, 1.165) is 23.4 Å². The van der Waals surface area contributed by atoms with Crippen molar-refractivity contribution in [2.45, 2.75) is 20.0 Å². The lowest BCUT2D eigenvalue weighted by molar-refractivity contribution is 0.179. The Morgan fingerprint density at radius 1 is 1.08 bits per heavy atom. The first-order chi connectivity index (χ1) is 17.3. The normalized spacial score (nSPS) is 12.4. The second kappa shape index (κ2) is 9.50. The Hall–Kier alpha value is -4.11. The Morgan fingerprint density at radius 2 is 1.92 bits per heavy atom. The molecule has 0 amide bonds. The van der Waals surface area contributed by atoms with Crippen LogP contribution >= 0.6 is 0 Å². The smallest absolute Gasteiger partial charge is 0.156 e. The molecule has 36 heavy (non-hydrogen) atoms. The fourth-order valence-electron chi connectivity index (χ4n) is 4.34. The van der Waals surface area contributed by atoms with Gasteiger partial charge in [0.2, 0.25) is 0 Å². The molecule has 0 aliphatic rings. The van der Waals surface area contributed by atoms with Crippen LogP contribution in [-0.2, 0) is 7.05 Å². The minimum absolute atomic E-state index is 0.105. The molecular weight excluding hydrogens is 457 g/mol. The van der Waals surface area contributed by atoms with Gasteiger partial charge >= 0.3 is 0 Å². The number of fused-ring (bicyclic) bond motifs is 2. The number of pyridine rings is 1. The fourth-order valence-corrected chi connectivity index (χ4v) is 4.34. The van der Waals surface area contributed by atoms with Crippen molar-refractivity contribution in [2.24, 2.45) is 7.05 Å². The minimum atomic E-state index is -0.387. The molecule has 8 nitrogen and oxygen atoms in total. The van der Waals surface area contributed by atoms with Gasteiger partial charge in [0.1, 0.15) is 24.0 Å². The first-order valence-electron chi connectivity index (χ1n) is 11.7. The standard InChI is InChI=1S/C27H28FN7O/c1-16-6-7-20-21(32-16)8-9-22(26(20)28)33-27-25-23(29-15-30-27)10-18(19-12-31-35(5)14-19)11-24(25)36-17(2)13-34(3)4/h6-12,14-15,17H,13H2,1-5H3,(H,29,30,33)/t17-/m1/s1. The average molecular weight is 486 g/mol. The fraction of sp³-hybridized carbons (Fsp3) is 0.259. The van der Waals surface area contributed by atoms with E-state index in [4.69, 9.17) is 4.74 Å². The van der Waals surface area contributed by atoms with E-state index in [1.165, 1.54) is 6.33 Å². The van der Waals surface area contributed by atoms with E-state index in [-0.39, 0.29) is 11.9 Å². The highest BCUT2D eigenvalue weighted by Crippen LogP contribution is 2.37. The topological polar surface area (TPSA) is 81.0 Å². The number of anilines is 2. The summed E-state index contributed by atoms with van der Waals surface area (Å²) in [5, 5.41) is 8.59. The van der Waals surface area contributed by atoms with Gasteiger partial charge in [-0.05, 0) is 69.9 Å². The second-order valence-electron chi connectivity index (χ2n) is 9.26. The molecule has 1 atom stereocenters. The number of hydrogen-bond donors (Lipinski definition) is 1. The summed E-state index contributed by atoms with van der Waals surface area (Å²) in [5.74, 6) is 0.688. The van der Waals surface area contributed by atoms with Crippen LogP contribution in [0, 0.1) is 12.7 Å². The van der Waals surface area contributed by atoms with Gasteiger partial charge in [-0.2, -0.15) is 5.10 Å². The third kappa shape index (κ3) is 4.70. The van der Waals surface area contributed by atoms with Crippen molar-refractivity contribution >= 4 is 33.3 Å². The average Bonchev–Trinajstić information content (AvgIpc) is 3.26. The van der Waals surface area contributed by atoms with Gasteiger partial charge in [-0.15, -0.1) is 0 Å². The maximum absolute atomic E-state index is 15.4. The van der Waals surface area contributed by atoms with Crippen molar-refractivity contribution in [3.8, 4) is 16.9 Å². The summed E-state index contributed by atoms with van der Waals surface area (Å²) in [7, 11) is 5.87. The van der Waals surface area contributed by atoms with E-state index in [1.54, 1.807) is 35.1 Å². The van der Waals surface area contributed by atoms with Crippen molar-refractivity contribution in [2.75, 3.05) is 26.0 Å². The Morgan fingerprint density at radius 3 is 2.67 bits per heavy atom. The van der Waals surface area contributed by atoms with Crippen molar-refractivity contribution < 1.29 is 9.13 Å². The van der Waals surface area contributed by atoms with Gasteiger partial charge in [-0.3, -0.25) is 9.67 Å². The second-order valence-corrected chi connectivity index (χ2v) is 9.26. The zero-order valence-electron chi connectivity index (χ0n) is 21.0. The first-order valence-corrected chi connectivity index (χ1v) is 11.7. The van der Waals surface area contributed by atoms with E-state index in [0.29, 0.717) is 39.1 Å². The molecule has 0 radical (unpaired) electrons. The Balaban J connectivity index is 1.63. The molecule has 9 heteroatoms. The monoisotopic (exact) mass is 485 g/mol. The summed E-state index contributed by atoms with van der Waals surface area (Å²) in [6, 6.07) is 10.9. The minimum Gasteiger partial charge on any atom is -0.489 e. The van der Waals surface area contributed by atoms with Crippen molar-refractivity contribution in [1.29, 1.82) is 0 Å². The number of halogens is 1. The van der Waals surface area contributed by atoms with Crippen LogP contribution in [0.25, 0.3) is 32.9 Å². The quantitative estimate of drug-likeness (QED) is 0.344. The van der Waals surface area contributed by atoms with Crippen molar-refractivity contribution in [1.82, 2.24) is 29.6 Å². The third-order valence-electron chi connectivity index (χ3n) is 5.89. The predicted octanol–water partition coefficient (Wildman–Crippen LogP) is 5.10. The van der Waals surface area contributed by atoms with Gasteiger partial charge in [0, 0.05) is 36.4 Å². The highest BCUT2D eigenvalue weighted by molar-refractivity contribution is 5.99. The lowest BCUT2D eigenvalue weighted by Gasteiger charge is -2.21. The van der Waals surface area contributed by atoms with Crippen LogP contribution in [0.3, 0.4) is 0 Å². The maximum Gasteiger partial charge on any atom is 0.156 e. The van der Waals surface area contributed by atoms with E-state index < -0.39 is 0 Å². The maximum atomic E-state index is 15.4. The van der Waals surface area contributed by atoms with Gasteiger partial charge in [0.25, 0.3) is 0 Å². The zero-order valence-corrected chi connectivity index (χ0v) is 21.0. The van der Waals surface area contributed by atoms with E-state index >= 15 is 4.39 Å². The number of ether oxygens (including phenoxy) is 1. The van der Waals surface area contributed by atoms with Crippen LogP contribution in [0.1, 0.15) is 12.6 Å². The van der Waals surface area contributed by atoms with Gasteiger partial charge < -0.3 is 15.0 Å². The molecule has 0 bridgehead atoms. The van der Waals surface area contributed by atoms with E-state index in [9.17, 15) is 0 Å². The molecule has 2 aromatic carbocycles. The number of aryl methyl sites for hydroxylation is 2. The number of hydrogen-bond acceptors (Lipinski definition) is 7. The van der Waals surface area contributed by atoms with Gasteiger partial charge in [0.05, 0.1) is 28.3 Å². The molecule has 3 aromatic heterocycles. The molecule has 0 aliphatic heterocycles. The molecule has 1 N–H and O–H groups in total. The molecule has 0 unspecified atom stereocenters. The van der Waals surface area contributed by atoms with Crippen LogP contribution in [0.15, 0.2) is 55.1 Å². The summed E-state index contributed by atoms with van der Waals surface area (Å²) in [6.07, 6.45) is 5.10. The van der Waals surface area contributed by atoms with Crippen LogP contribution in [0.4, 0.5) is 15.9 Å². The van der Waals surface area contributed by atoms with Crippen LogP contribution < -0.4 is 10.1 Å². The highest BCUT2D eigenvalue weighted by atomic mass is 19.1. The number of nitrogens with zero attached hydrogens (tertiary/aromatic N) is 6. The number of nitrogens with one attached hydrogen (secondary N) is 1. The van der Waals surface area contributed by atoms with E-state index in [2.05, 4.69) is 30.3 Å². The van der Waals surface area contributed by atoms with E-state index in [1.807, 2.05) is 53.3 Å². The molecule has 5 rings (SSSR count).